The molecule has 1 amide bonds. The quantitative estimate of drug-likeness (QED) is 0.210. The van der Waals surface area contributed by atoms with E-state index in [-0.39, 0.29) is 27.9 Å². The van der Waals surface area contributed by atoms with Gasteiger partial charge in [0.1, 0.15) is 16.4 Å². The van der Waals surface area contributed by atoms with Crippen molar-refractivity contribution in [2.24, 2.45) is 0 Å². The molecule has 4 aromatic rings. The lowest BCUT2D eigenvalue weighted by Gasteiger charge is -2.20. The van der Waals surface area contributed by atoms with Gasteiger partial charge in [-0.15, -0.1) is 11.3 Å². The third-order valence-corrected chi connectivity index (χ3v) is 7.06. The van der Waals surface area contributed by atoms with Gasteiger partial charge < -0.3 is 21.1 Å². The van der Waals surface area contributed by atoms with Gasteiger partial charge in [0, 0.05) is 29.7 Å². The van der Waals surface area contributed by atoms with Crippen LogP contribution in [0, 0.1) is 0 Å². The van der Waals surface area contributed by atoms with E-state index in [1.807, 2.05) is 20.8 Å². The molecule has 0 bridgehead atoms. The van der Waals surface area contributed by atoms with Crippen LogP contribution in [0.2, 0.25) is 10.0 Å². The van der Waals surface area contributed by atoms with Crippen LogP contribution in [0.25, 0.3) is 0 Å². The summed E-state index contributed by atoms with van der Waals surface area (Å²) >= 11 is 13.9. The number of halogens is 2. The first-order valence-corrected chi connectivity index (χ1v) is 13.0. The van der Waals surface area contributed by atoms with Crippen LogP contribution < -0.4 is 16.0 Å². The Labute approximate surface area is 233 Å². The van der Waals surface area contributed by atoms with Crippen molar-refractivity contribution in [3.05, 3.63) is 74.6 Å². The molecular formula is C24H25Cl2N9O2S. The van der Waals surface area contributed by atoms with Crippen molar-refractivity contribution in [3.8, 4) is 0 Å². The maximum absolute atomic E-state index is 12.9. The molecule has 2 unspecified atom stereocenters. The minimum atomic E-state index is -1.11. The van der Waals surface area contributed by atoms with Crippen LogP contribution in [0.4, 0.5) is 17.5 Å². The molecule has 0 fully saturated rings. The first-order chi connectivity index (χ1) is 18.0. The number of nitrogens with zero attached hydrogens (tertiary/aromatic N) is 6. The highest BCUT2D eigenvalue weighted by atomic mass is 35.5. The summed E-state index contributed by atoms with van der Waals surface area (Å²) in [5, 5.41) is 20.5. The van der Waals surface area contributed by atoms with Gasteiger partial charge in [-0.05, 0) is 19.1 Å². The second kappa shape index (κ2) is 11.5. The summed E-state index contributed by atoms with van der Waals surface area (Å²) in [7, 11) is 0. The van der Waals surface area contributed by atoms with Crippen molar-refractivity contribution in [1.29, 1.82) is 0 Å². The predicted molar refractivity (Wildman–Crippen MR) is 147 cm³/mol. The summed E-state index contributed by atoms with van der Waals surface area (Å²) < 4.78 is 0. The van der Waals surface area contributed by atoms with Crippen LogP contribution in [0.1, 0.15) is 66.0 Å². The van der Waals surface area contributed by atoms with Gasteiger partial charge >= 0.3 is 0 Å². The van der Waals surface area contributed by atoms with Crippen molar-refractivity contribution in [2.45, 2.75) is 45.4 Å². The van der Waals surface area contributed by atoms with Gasteiger partial charge in [0.15, 0.2) is 17.7 Å². The van der Waals surface area contributed by atoms with Crippen molar-refractivity contribution >= 4 is 57.9 Å². The molecule has 0 radical (unpaired) electrons. The summed E-state index contributed by atoms with van der Waals surface area (Å²) in [6, 6.07) is 2.99. The van der Waals surface area contributed by atoms with Gasteiger partial charge in [-0.1, -0.05) is 44.0 Å². The lowest BCUT2D eigenvalue weighted by molar-refractivity contribution is 0.0935. The van der Waals surface area contributed by atoms with Crippen LogP contribution in [-0.2, 0) is 5.41 Å². The molecule has 4 heterocycles. The zero-order chi connectivity index (χ0) is 27.4. The molecule has 198 valence electrons. The minimum Gasteiger partial charge on any atom is -0.369 e. The largest absolute Gasteiger partial charge is 0.369 e. The average molecular weight is 574 g/mol. The Balaban J connectivity index is 1.42. The minimum absolute atomic E-state index is 0.0121. The molecule has 0 saturated heterocycles. The van der Waals surface area contributed by atoms with Crippen LogP contribution in [0.5, 0.6) is 0 Å². The molecule has 4 rings (SSSR count). The van der Waals surface area contributed by atoms with Gasteiger partial charge in [0.2, 0.25) is 5.95 Å². The molecule has 0 aromatic carbocycles. The maximum Gasteiger partial charge on any atom is 0.272 e. The van der Waals surface area contributed by atoms with Crippen LogP contribution in [0.3, 0.4) is 0 Å². The molecule has 14 heteroatoms. The predicted octanol–water partition coefficient (Wildman–Crippen LogP) is 5.06. The Bertz CT molecular complexity index is 1430. The molecular weight excluding hydrogens is 549 g/mol. The first-order valence-electron chi connectivity index (χ1n) is 11.4. The van der Waals surface area contributed by atoms with Gasteiger partial charge in [-0.25, -0.2) is 24.9 Å². The van der Waals surface area contributed by atoms with Crippen molar-refractivity contribution in [2.75, 3.05) is 10.6 Å². The van der Waals surface area contributed by atoms with E-state index in [0.717, 1.165) is 0 Å². The molecule has 0 saturated carbocycles. The van der Waals surface area contributed by atoms with Gasteiger partial charge in [0.25, 0.3) is 5.91 Å². The molecule has 38 heavy (non-hydrogen) atoms. The number of carbonyl (C=O) groups excluding carboxylic acids is 1. The third kappa shape index (κ3) is 6.51. The molecule has 0 spiro atoms. The number of anilines is 3. The summed E-state index contributed by atoms with van der Waals surface area (Å²) in [5.41, 5.74) is 1.09. The fourth-order valence-corrected chi connectivity index (χ4v) is 4.76. The zero-order valence-electron chi connectivity index (χ0n) is 20.9. The van der Waals surface area contributed by atoms with E-state index in [1.165, 1.54) is 30.1 Å². The molecule has 0 aliphatic heterocycles. The number of thiazole rings is 1. The molecule has 4 aromatic heterocycles. The first kappa shape index (κ1) is 27.6. The van der Waals surface area contributed by atoms with Crippen LogP contribution in [0.15, 0.2) is 43.2 Å². The second-order valence-corrected chi connectivity index (χ2v) is 11.1. The molecule has 2 atom stereocenters. The lowest BCUT2D eigenvalue weighted by atomic mass is 9.92. The van der Waals surface area contributed by atoms with Crippen molar-refractivity contribution in [3.63, 3.8) is 0 Å². The fourth-order valence-electron chi connectivity index (χ4n) is 3.30. The van der Waals surface area contributed by atoms with Gasteiger partial charge in [-0.2, -0.15) is 0 Å². The van der Waals surface area contributed by atoms with E-state index in [1.54, 1.807) is 31.5 Å². The number of aliphatic hydroxyl groups excluding tert-OH is 1. The summed E-state index contributed by atoms with van der Waals surface area (Å²) in [5.74, 6) is 0.0236. The number of carbonyl (C=O) groups is 1. The highest BCUT2D eigenvalue weighted by molar-refractivity contribution is 7.11. The molecule has 0 aliphatic rings. The summed E-state index contributed by atoms with van der Waals surface area (Å²) in [6.45, 7) is 7.72. The normalized spacial score (nSPS) is 13.0. The number of nitrogens with one attached hydrogen (secondary N) is 3. The number of rotatable bonds is 8. The van der Waals surface area contributed by atoms with E-state index in [2.05, 4.69) is 45.9 Å². The Morgan fingerprint density at radius 3 is 2.53 bits per heavy atom. The standard InChI is InChI=1S/C24H25Cl2N9O2S/c1-12(32-21(37)17-16(26)19(31-11-30-17)33-13-5-7-27-8-6-13)22-28-10-15(38-22)20(36)35-23-29-9-14(25)18(34-23)24(2,3)4/h5-12,20,36H,1-4H3,(H,32,37)(H,29,34,35)(H,27,30,31,33). The Hall–Kier alpha value is -3.45. The molecule has 4 N–H and O–H groups in total. The van der Waals surface area contributed by atoms with Gasteiger partial charge in [0.05, 0.1) is 27.8 Å². The van der Waals surface area contributed by atoms with E-state index in [9.17, 15) is 9.90 Å². The number of hydrogen-bond acceptors (Lipinski definition) is 11. The number of aliphatic hydroxyl groups is 1. The van der Waals surface area contributed by atoms with Crippen molar-refractivity contribution in [1.82, 2.24) is 35.2 Å². The monoisotopic (exact) mass is 573 g/mol. The van der Waals surface area contributed by atoms with E-state index in [4.69, 9.17) is 23.2 Å². The lowest BCUT2D eigenvalue weighted by Crippen LogP contribution is -2.28. The van der Waals surface area contributed by atoms with E-state index < -0.39 is 18.2 Å². The Kier molecular flexibility index (Phi) is 8.36. The fraction of sp³-hybridized carbons (Fsp3) is 0.292. The zero-order valence-corrected chi connectivity index (χ0v) is 23.2. The summed E-state index contributed by atoms with van der Waals surface area (Å²) in [6.07, 6.45) is 6.39. The number of pyridine rings is 1. The molecule has 11 nitrogen and oxygen atoms in total. The second-order valence-electron chi connectivity index (χ2n) is 9.23. The number of hydrogen-bond donors (Lipinski definition) is 4. The number of aromatic nitrogens is 6. The molecule has 0 aliphatic carbocycles. The smallest absolute Gasteiger partial charge is 0.272 e. The van der Waals surface area contributed by atoms with Crippen LogP contribution in [-0.4, -0.2) is 40.9 Å². The van der Waals surface area contributed by atoms with Crippen molar-refractivity contribution < 1.29 is 9.90 Å². The van der Waals surface area contributed by atoms with E-state index >= 15 is 0 Å². The highest BCUT2D eigenvalue weighted by Crippen LogP contribution is 2.30. The Morgan fingerprint density at radius 1 is 1.08 bits per heavy atom. The third-order valence-electron chi connectivity index (χ3n) is 5.20. The number of amides is 1. The summed E-state index contributed by atoms with van der Waals surface area (Å²) in [4.78, 5) is 38.5. The average Bonchev–Trinajstić information content (AvgIpc) is 3.37. The van der Waals surface area contributed by atoms with Gasteiger partial charge in [-0.3, -0.25) is 9.78 Å². The SMILES string of the molecule is CC(NC(=O)c1ncnc(Nc2ccncc2)c1Cl)c1ncc(C(O)Nc2ncc(Cl)c(C(C)(C)C)n2)s1. The highest BCUT2D eigenvalue weighted by Gasteiger charge is 2.23. The topological polar surface area (TPSA) is 151 Å². The van der Waals surface area contributed by atoms with Crippen LogP contribution >= 0.6 is 34.5 Å². The van der Waals surface area contributed by atoms with E-state index in [0.29, 0.717) is 26.3 Å². The Morgan fingerprint density at radius 2 is 1.82 bits per heavy atom. The maximum atomic E-state index is 12.9.